The van der Waals surface area contributed by atoms with Crippen molar-refractivity contribution in [3.05, 3.63) is 28.8 Å². The van der Waals surface area contributed by atoms with Gasteiger partial charge in [0.2, 0.25) is 0 Å². The number of carbonyl (C=O) groups is 1. The van der Waals surface area contributed by atoms with E-state index in [1.165, 1.54) is 19.2 Å². The maximum absolute atomic E-state index is 11.2. The van der Waals surface area contributed by atoms with Crippen LogP contribution in [0.15, 0.2) is 12.1 Å². The van der Waals surface area contributed by atoms with Crippen LogP contribution in [-0.2, 0) is 10.1 Å². The van der Waals surface area contributed by atoms with E-state index < -0.39 is 5.97 Å². The van der Waals surface area contributed by atoms with Gasteiger partial charge in [0.05, 0.1) is 18.7 Å². The van der Waals surface area contributed by atoms with Gasteiger partial charge in [-0.25, -0.2) is 4.79 Å². The number of ether oxygens (including phenoxy) is 1. The highest BCUT2D eigenvalue weighted by molar-refractivity contribution is 9.08. The quantitative estimate of drug-likeness (QED) is 0.658. The number of carbonyl (C=O) groups excluding carboxylic acids is 1. The van der Waals surface area contributed by atoms with Crippen LogP contribution < -0.4 is 0 Å². The number of hydrogen-bond acceptors (Lipinski definition) is 4. The maximum atomic E-state index is 11.2. The summed E-state index contributed by atoms with van der Waals surface area (Å²) in [6, 6.07) is 4.62. The molecule has 0 aliphatic carbocycles. The zero-order valence-electron chi connectivity index (χ0n) is 7.95. The van der Waals surface area contributed by atoms with Gasteiger partial charge >= 0.3 is 5.97 Å². The molecule has 0 atom stereocenters. The third-order valence-electron chi connectivity index (χ3n) is 1.89. The predicted molar refractivity (Wildman–Crippen MR) is 56.8 cm³/mol. The number of phenols is 1. The molecule has 0 saturated heterocycles. The number of hydrogen-bond donors (Lipinski definition) is 1. The summed E-state index contributed by atoms with van der Waals surface area (Å²) in [6.45, 7) is 0. The number of halogens is 1. The molecule has 0 amide bonds. The van der Waals surface area contributed by atoms with Crippen molar-refractivity contribution in [1.82, 2.24) is 0 Å². The molecule has 5 heteroatoms. The van der Waals surface area contributed by atoms with Crippen molar-refractivity contribution in [2.45, 2.75) is 5.33 Å². The first-order chi connectivity index (χ1) is 7.13. The van der Waals surface area contributed by atoms with Gasteiger partial charge in [-0.1, -0.05) is 15.9 Å². The monoisotopic (exact) mass is 269 g/mol. The van der Waals surface area contributed by atoms with Crippen molar-refractivity contribution in [2.24, 2.45) is 0 Å². The van der Waals surface area contributed by atoms with Crippen molar-refractivity contribution in [3.63, 3.8) is 0 Å². The van der Waals surface area contributed by atoms with E-state index in [0.29, 0.717) is 16.5 Å². The van der Waals surface area contributed by atoms with E-state index in [0.717, 1.165) is 0 Å². The second kappa shape index (κ2) is 4.80. The smallest absolute Gasteiger partial charge is 0.341 e. The van der Waals surface area contributed by atoms with Gasteiger partial charge in [-0.05, 0) is 17.7 Å². The highest BCUT2D eigenvalue weighted by Gasteiger charge is 2.14. The molecule has 1 aromatic carbocycles. The minimum Gasteiger partial charge on any atom is -0.507 e. The molecule has 15 heavy (non-hydrogen) atoms. The third-order valence-corrected chi connectivity index (χ3v) is 2.50. The Labute approximate surface area is 95.2 Å². The lowest BCUT2D eigenvalue weighted by Crippen LogP contribution is -2.03. The van der Waals surface area contributed by atoms with Crippen LogP contribution in [-0.4, -0.2) is 18.2 Å². The topological polar surface area (TPSA) is 70.3 Å². The number of esters is 1. The van der Waals surface area contributed by atoms with E-state index in [1.54, 1.807) is 0 Å². The summed E-state index contributed by atoms with van der Waals surface area (Å²) in [4.78, 5) is 11.2. The summed E-state index contributed by atoms with van der Waals surface area (Å²) in [6.07, 6.45) is 0. The van der Waals surface area contributed by atoms with Gasteiger partial charge < -0.3 is 9.84 Å². The Hall–Kier alpha value is -1.54. The summed E-state index contributed by atoms with van der Waals surface area (Å²) in [7, 11) is 1.23. The third kappa shape index (κ3) is 2.28. The first-order valence-electron chi connectivity index (χ1n) is 4.04. The van der Waals surface area contributed by atoms with Crippen LogP contribution in [0.3, 0.4) is 0 Å². The normalized spacial score (nSPS) is 9.40. The zero-order chi connectivity index (χ0) is 11.4. The Kier molecular flexibility index (Phi) is 3.69. The number of methoxy groups -OCH3 is 1. The van der Waals surface area contributed by atoms with Crippen molar-refractivity contribution in [2.75, 3.05) is 7.11 Å². The first-order valence-corrected chi connectivity index (χ1v) is 5.16. The molecule has 4 nitrogen and oxygen atoms in total. The molecule has 0 aliphatic heterocycles. The fourth-order valence-corrected chi connectivity index (χ4v) is 1.59. The summed E-state index contributed by atoms with van der Waals surface area (Å²) in [5, 5.41) is 18.7. The van der Waals surface area contributed by atoms with Crippen LogP contribution in [0.1, 0.15) is 21.5 Å². The summed E-state index contributed by atoms with van der Waals surface area (Å²) in [5.74, 6) is -0.873. The molecular formula is C10H8BrNO3. The zero-order valence-corrected chi connectivity index (χ0v) is 9.54. The van der Waals surface area contributed by atoms with Crippen molar-refractivity contribution in [1.29, 1.82) is 5.26 Å². The SMILES string of the molecule is COC(=O)c1cc(CBr)c(C#N)cc1O. The van der Waals surface area contributed by atoms with Crippen LogP contribution >= 0.6 is 15.9 Å². The first kappa shape index (κ1) is 11.5. The lowest BCUT2D eigenvalue weighted by Gasteiger charge is -2.06. The van der Waals surface area contributed by atoms with Crippen molar-refractivity contribution in [3.8, 4) is 11.8 Å². The molecule has 0 spiro atoms. The molecule has 0 fully saturated rings. The largest absolute Gasteiger partial charge is 0.507 e. The van der Waals surface area contributed by atoms with E-state index in [-0.39, 0.29) is 11.3 Å². The molecule has 0 radical (unpaired) electrons. The van der Waals surface area contributed by atoms with E-state index in [1.807, 2.05) is 6.07 Å². The van der Waals surface area contributed by atoms with Gasteiger partial charge in [0, 0.05) is 5.33 Å². The molecule has 0 heterocycles. The number of aromatic hydroxyl groups is 1. The number of nitriles is 1. The van der Waals surface area contributed by atoms with Gasteiger partial charge in [-0.15, -0.1) is 0 Å². The van der Waals surface area contributed by atoms with Gasteiger partial charge in [0.25, 0.3) is 0 Å². The van der Waals surface area contributed by atoms with Crippen molar-refractivity contribution >= 4 is 21.9 Å². The molecule has 0 aliphatic rings. The number of nitrogens with zero attached hydrogens (tertiary/aromatic N) is 1. The van der Waals surface area contributed by atoms with E-state index >= 15 is 0 Å². The highest BCUT2D eigenvalue weighted by Crippen LogP contribution is 2.24. The Bertz CT molecular complexity index is 437. The van der Waals surface area contributed by atoms with Gasteiger partial charge in [0.1, 0.15) is 11.3 Å². The summed E-state index contributed by atoms with van der Waals surface area (Å²) < 4.78 is 4.49. The Morgan fingerprint density at radius 1 is 1.67 bits per heavy atom. The molecule has 0 bridgehead atoms. The number of benzene rings is 1. The Balaban J connectivity index is 3.33. The number of rotatable bonds is 2. The molecule has 0 unspecified atom stereocenters. The summed E-state index contributed by atoms with van der Waals surface area (Å²) in [5.41, 5.74) is 1.03. The molecule has 1 aromatic rings. The lowest BCUT2D eigenvalue weighted by atomic mass is 10.0. The molecule has 1 N–H and O–H groups in total. The molecule has 0 saturated carbocycles. The minimum absolute atomic E-state index is 0.0611. The van der Waals surface area contributed by atoms with E-state index in [4.69, 9.17) is 5.26 Å². The maximum Gasteiger partial charge on any atom is 0.341 e. The van der Waals surface area contributed by atoms with Crippen LogP contribution in [0.4, 0.5) is 0 Å². The van der Waals surface area contributed by atoms with Crippen LogP contribution in [0.25, 0.3) is 0 Å². The second-order valence-electron chi connectivity index (χ2n) is 2.76. The van der Waals surface area contributed by atoms with Crippen LogP contribution in [0.5, 0.6) is 5.75 Å². The van der Waals surface area contributed by atoms with Gasteiger partial charge in [0.15, 0.2) is 0 Å². The molecular weight excluding hydrogens is 262 g/mol. The lowest BCUT2D eigenvalue weighted by molar-refractivity contribution is 0.0597. The molecule has 1 rings (SSSR count). The second-order valence-corrected chi connectivity index (χ2v) is 3.32. The number of phenolic OH excluding ortho intramolecular Hbond substituents is 1. The fourth-order valence-electron chi connectivity index (χ4n) is 1.12. The number of alkyl halides is 1. The van der Waals surface area contributed by atoms with E-state index in [2.05, 4.69) is 20.7 Å². The average molecular weight is 270 g/mol. The minimum atomic E-state index is -0.626. The van der Waals surface area contributed by atoms with Crippen LogP contribution in [0, 0.1) is 11.3 Å². The highest BCUT2D eigenvalue weighted by atomic mass is 79.9. The predicted octanol–water partition coefficient (Wildman–Crippen LogP) is 1.95. The van der Waals surface area contributed by atoms with Crippen LogP contribution in [0.2, 0.25) is 0 Å². The summed E-state index contributed by atoms with van der Waals surface area (Å²) >= 11 is 3.19. The molecule has 0 aromatic heterocycles. The van der Waals surface area contributed by atoms with Gasteiger partial charge in [-0.3, -0.25) is 0 Å². The van der Waals surface area contributed by atoms with Gasteiger partial charge in [-0.2, -0.15) is 5.26 Å². The van der Waals surface area contributed by atoms with Crippen molar-refractivity contribution < 1.29 is 14.6 Å². The standard InChI is InChI=1S/C10H8BrNO3/c1-15-10(14)8-2-6(4-11)7(5-12)3-9(8)13/h2-3,13H,4H2,1H3. The average Bonchev–Trinajstić information content (AvgIpc) is 2.27. The fraction of sp³-hybridized carbons (Fsp3) is 0.200. The van der Waals surface area contributed by atoms with E-state index in [9.17, 15) is 9.90 Å². The molecule has 78 valence electrons. The Morgan fingerprint density at radius 3 is 2.80 bits per heavy atom. The Morgan fingerprint density at radius 2 is 2.33 bits per heavy atom.